The summed E-state index contributed by atoms with van der Waals surface area (Å²) in [6.45, 7) is 8.60. The molecule has 2 atom stereocenters. The highest BCUT2D eigenvalue weighted by atomic mass is 16.5. The summed E-state index contributed by atoms with van der Waals surface area (Å²) in [7, 11) is 0. The van der Waals surface area contributed by atoms with Crippen molar-refractivity contribution < 1.29 is 4.74 Å². The van der Waals surface area contributed by atoms with Crippen LogP contribution in [0.25, 0.3) is 0 Å². The Morgan fingerprint density at radius 1 is 1.20 bits per heavy atom. The fraction of sp³-hybridized carbons (Fsp3) is 1.00. The minimum atomic E-state index is 0.454. The standard InChI is InChI=1S/C13H27NO/c1-4-14-12-8-6-5-7-9-13(12)15-10-11(2)3/h11-14H,4-10H2,1-3H3. The van der Waals surface area contributed by atoms with E-state index in [1.807, 2.05) is 0 Å². The summed E-state index contributed by atoms with van der Waals surface area (Å²) >= 11 is 0. The van der Waals surface area contributed by atoms with E-state index in [9.17, 15) is 0 Å². The van der Waals surface area contributed by atoms with Crippen LogP contribution in [0.5, 0.6) is 0 Å². The van der Waals surface area contributed by atoms with Gasteiger partial charge in [-0.3, -0.25) is 0 Å². The molecule has 0 aromatic heterocycles. The van der Waals surface area contributed by atoms with Gasteiger partial charge in [-0.05, 0) is 25.3 Å². The van der Waals surface area contributed by atoms with Crippen LogP contribution >= 0.6 is 0 Å². The average molecular weight is 213 g/mol. The maximum atomic E-state index is 6.03. The minimum absolute atomic E-state index is 0.454. The quantitative estimate of drug-likeness (QED) is 0.709. The van der Waals surface area contributed by atoms with Gasteiger partial charge in [-0.15, -0.1) is 0 Å². The molecule has 0 saturated heterocycles. The Bertz CT molecular complexity index is 159. The highest BCUT2D eigenvalue weighted by molar-refractivity contribution is 4.80. The summed E-state index contributed by atoms with van der Waals surface area (Å²) in [5.41, 5.74) is 0. The molecule has 2 nitrogen and oxygen atoms in total. The van der Waals surface area contributed by atoms with Crippen LogP contribution in [0, 0.1) is 5.92 Å². The molecule has 0 aromatic rings. The summed E-state index contributed by atoms with van der Waals surface area (Å²) < 4.78 is 6.03. The van der Waals surface area contributed by atoms with Crippen LogP contribution in [-0.4, -0.2) is 25.3 Å². The van der Waals surface area contributed by atoms with E-state index in [4.69, 9.17) is 4.74 Å². The molecule has 2 unspecified atom stereocenters. The molecule has 0 aliphatic heterocycles. The average Bonchev–Trinajstić information content (AvgIpc) is 2.41. The number of hydrogen-bond acceptors (Lipinski definition) is 2. The smallest absolute Gasteiger partial charge is 0.0728 e. The SMILES string of the molecule is CCNC1CCCCCC1OCC(C)C. The molecule has 1 aliphatic rings. The lowest BCUT2D eigenvalue weighted by Crippen LogP contribution is -2.41. The molecule has 0 aromatic carbocycles. The van der Waals surface area contributed by atoms with Gasteiger partial charge in [0.05, 0.1) is 6.10 Å². The molecule has 15 heavy (non-hydrogen) atoms. The molecule has 90 valence electrons. The van der Waals surface area contributed by atoms with Crippen molar-refractivity contribution in [2.75, 3.05) is 13.2 Å². The minimum Gasteiger partial charge on any atom is -0.376 e. The number of ether oxygens (including phenoxy) is 1. The summed E-state index contributed by atoms with van der Waals surface area (Å²) in [6.07, 6.45) is 7.06. The summed E-state index contributed by atoms with van der Waals surface area (Å²) in [6, 6.07) is 0.594. The van der Waals surface area contributed by atoms with Crippen molar-refractivity contribution in [3.63, 3.8) is 0 Å². The Morgan fingerprint density at radius 3 is 2.60 bits per heavy atom. The Balaban J connectivity index is 2.39. The first-order chi connectivity index (χ1) is 7.24. The fourth-order valence-electron chi connectivity index (χ4n) is 2.28. The van der Waals surface area contributed by atoms with Gasteiger partial charge in [0.2, 0.25) is 0 Å². The van der Waals surface area contributed by atoms with Crippen molar-refractivity contribution in [3.05, 3.63) is 0 Å². The fourth-order valence-corrected chi connectivity index (χ4v) is 2.28. The molecule has 0 spiro atoms. The van der Waals surface area contributed by atoms with Gasteiger partial charge in [0.15, 0.2) is 0 Å². The van der Waals surface area contributed by atoms with Gasteiger partial charge in [0, 0.05) is 12.6 Å². The van der Waals surface area contributed by atoms with Crippen molar-refractivity contribution >= 4 is 0 Å². The zero-order valence-corrected chi connectivity index (χ0v) is 10.6. The van der Waals surface area contributed by atoms with Crippen LogP contribution in [0.3, 0.4) is 0 Å². The van der Waals surface area contributed by atoms with Crippen molar-refractivity contribution in [3.8, 4) is 0 Å². The molecule has 0 heterocycles. The van der Waals surface area contributed by atoms with E-state index in [-0.39, 0.29) is 0 Å². The van der Waals surface area contributed by atoms with E-state index in [1.165, 1.54) is 32.1 Å². The van der Waals surface area contributed by atoms with Crippen LogP contribution in [0.15, 0.2) is 0 Å². The lowest BCUT2D eigenvalue weighted by molar-refractivity contribution is 0.00822. The highest BCUT2D eigenvalue weighted by Gasteiger charge is 2.23. The number of nitrogens with one attached hydrogen (secondary N) is 1. The third-order valence-corrected chi connectivity index (χ3v) is 3.06. The molecular weight excluding hydrogens is 186 g/mol. The third-order valence-electron chi connectivity index (χ3n) is 3.06. The van der Waals surface area contributed by atoms with E-state index >= 15 is 0 Å². The maximum Gasteiger partial charge on any atom is 0.0728 e. The van der Waals surface area contributed by atoms with Crippen LogP contribution < -0.4 is 5.32 Å². The zero-order chi connectivity index (χ0) is 11.1. The van der Waals surface area contributed by atoms with Crippen molar-refractivity contribution in [1.82, 2.24) is 5.32 Å². The van der Waals surface area contributed by atoms with E-state index in [0.717, 1.165) is 13.2 Å². The van der Waals surface area contributed by atoms with Gasteiger partial charge in [-0.2, -0.15) is 0 Å². The normalized spacial score (nSPS) is 28.0. The monoisotopic (exact) mass is 213 g/mol. The third kappa shape index (κ3) is 4.98. The second-order valence-electron chi connectivity index (χ2n) is 5.07. The molecule has 0 amide bonds. The maximum absolute atomic E-state index is 6.03. The molecule has 1 aliphatic carbocycles. The van der Waals surface area contributed by atoms with Crippen molar-refractivity contribution in [2.45, 2.75) is 65.0 Å². The van der Waals surface area contributed by atoms with Gasteiger partial charge in [-0.1, -0.05) is 40.0 Å². The Hall–Kier alpha value is -0.0800. The molecule has 1 saturated carbocycles. The zero-order valence-electron chi connectivity index (χ0n) is 10.6. The largest absolute Gasteiger partial charge is 0.376 e. The van der Waals surface area contributed by atoms with Gasteiger partial charge in [0.1, 0.15) is 0 Å². The van der Waals surface area contributed by atoms with Gasteiger partial charge >= 0.3 is 0 Å². The Morgan fingerprint density at radius 2 is 1.93 bits per heavy atom. The van der Waals surface area contributed by atoms with Gasteiger partial charge in [0.25, 0.3) is 0 Å². The molecule has 1 rings (SSSR count). The number of rotatable bonds is 5. The number of likely N-dealkylation sites (N-methyl/N-ethyl adjacent to an activating group) is 1. The second-order valence-corrected chi connectivity index (χ2v) is 5.07. The van der Waals surface area contributed by atoms with Crippen LogP contribution in [0.2, 0.25) is 0 Å². The van der Waals surface area contributed by atoms with E-state index in [1.54, 1.807) is 0 Å². The Labute approximate surface area is 94.8 Å². The molecular formula is C13H27NO. The molecule has 0 bridgehead atoms. The topological polar surface area (TPSA) is 21.3 Å². The van der Waals surface area contributed by atoms with Crippen LogP contribution in [-0.2, 0) is 4.74 Å². The second kappa shape index (κ2) is 7.24. The molecule has 1 N–H and O–H groups in total. The Kier molecular flexibility index (Phi) is 6.26. The van der Waals surface area contributed by atoms with E-state index in [0.29, 0.717) is 18.1 Å². The molecule has 0 radical (unpaired) electrons. The lowest BCUT2D eigenvalue weighted by Gasteiger charge is -2.26. The highest BCUT2D eigenvalue weighted by Crippen LogP contribution is 2.21. The predicted molar refractivity (Wildman–Crippen MR) is 65.1 cm³/mol. The van der Waals surface area contributed by atoms with Gasteiger partial charge in [-0.25, -0.2) is 0 Å². The molecule has 1 fully saturated rings. The van der Waals surface area contributed by atoms with Crippen molar-refractivity contribution in [1.29, 1.82) is 0 Å². The molecule has 2 heteroatoms. The van der Waals surface area contributed by atoms with Crippen molar-refractivity contribution in [2.24, 2.45) is 5.92 Å². The first kappa shape index (κ1) is 13.0. The van der Waals surface area contributed by atoms with Crippen LogP contribution in [0.1, 0.15) is 52.9 Å². The first-order valence-corrected chi connectivity index (χ1v) is 6.59. The van der Waals surface area contributed by atoms with E-state index < -0.39 is 0 Å². The summed E-state index contributed by atoms with van der Waals surface area (Å²) in [5.74, 6) is 0.649. The lowest BCUT2D eigenvalue weighted by atomic mass is 10.1. The summed E-state index contributed by atoms with van der Waals surface area (Å²) in [4.78, 5) is 0. The van der Waals surface area contributed by atoms with Crippen LogP contribution in [0.4, 0.5) is 0 Å². The number of hydrogen-bond donors (Lipinski definition) is 1. The summed E-state index contributed by atoms with van der Waals surface area (Å²) in [5, 5.41) is 3.57. The predicted octanol–water partition coefficient (Wildman–Crippen LogP) is 2.97. The first-order valence-electron chi connectivity index (χ1n) is 6.59. The van der Waals surface area contributed by atoms with E-state index in [2.05, 4.69) is 26.1 Å². The van der Waals surface area contributed by atoms with Gasteiger partial charge < -0.3 is 10.1 Å².